The molecule has 2 aromatic rings. The fourth-order valence-electron chi connectivity index (χ4n) is 1.44. The lowest BCUT2D eigenvalue weighted by Gasteiger charge is -2.09. The van der Waals surface area contributed by atoms with E-state index in [0.29, 0.717) is 9.45 Å². The van der Waals surface area contributed by atoms with Gasteiger partial charge in [-0.1, -0.05) is 25.1 Å². The molecule has 0 spiro atoms. The number of H-pyrrole nitrogens is 1. The number of hydrogen-bond acceptors (Lipinski definition) is 3. The summed E-state index contributed by atoms with van der Waals surface area (Å²) >= 11 is 1.92. The van der Waals surface area contributed by atoms with Gasteiger partial charge in [0.05, 0.1) is 6.33 Å². The second kappa shape index (κ2) is 5.31. The lowest BCUT2D eigenvalue weighted by Crippen LogP contribution is -2.11. The Kier molecular flexibility index (Phi) is 3.78. The van der Waals surface area contributed by atoms with Gasteiger partial charge in [-0.05, 0) is 40.6 Å². The van der Waals surface area contributed by atoms with Gasteiger partial charge in [-0.2, -0.15) is 0 Å². The van der Waals surface area contributed by atoms with Crippen molar-refractivity contribution in [3.8, 4) is 11.6 Å². The normalized spacial score (nSPS) is 10.2. The summed E-state index contributed by atoms with van der Waals surface area (Å²) in [7, 11) is 0. The summed E-state index contributed by atoms with van der Waals surface area (Å²) in [4.78, 5) is 17.9. The van der Waals surface area contributed by atoms with Crippen LogP contribution in [0.5, 0.6) is 11.6 Å². The van der Waals surface area contributed by atoms with Crippen molar-refractivity contribution in [2.75, 3.05) is 0 Å². The van der Waals surface area contributed by atoms with Crippen molar-refractivity contribution in [2.45, 2.75) is 13.3 Å². The number of hydrogen-bond donors (Lipinski definition) is 1. The van der Waals surface area contributed by atoms with Crippen LogP contribution in [-0.2, 0) is 6.42 Å². The molecule has 1 heterocycles. The van der Waals surface area contributed by atoms with Crippen LogP contribution < -0.4 is 10.3 Å². The van der Waals surface area contributed by atoms with E-state index in [1.54, 1.807) is 0 Å². The number of nitrogens with zero attached hydrogens (tertiary/aromatic N) is 1. The number of aromatic amines is 1. The van der Waals surface area contributed by atoms with Gasteiger partial charge in [-0.3, -0.25) is 4.79 Å². The summed E-state index contributed by atoms with van der Waals surface area (Å²) in [5.74, 6) is 1.08. The highest BCUT2D eigenvalue weighted by Gasteiger charge is 2.09. The minimum Gasteiger partial charge on any atom is -0.437 e. The van der Waals surface area contributed by atoms with Gasteiger partial charge < -0.3 is 9.72 Å². The van der Waals surface area contributed by atoms with E-state index in [1.165, 1.54) is 6.33 Å². The molecule has 0 radical (unpaired) electrons. The number of benzene rings is 1. The molecule has 0 bridgehead atoms. The van der Waals surface area contributed by atoms with E-state index in [1.807, 2.05) is 46.9 Å². The van der Waals surface area contributed by atoms with E-state index in [2.05, 4.69) is 16.9 Å². The first-order valence-electron chi connectivity index (χ1n) is 5.21. The van der Waals surface area contributed by atoms with E-state index in [-0.39, 0.29) is 5.56 Å². The zero-order chi connectivity index (χ0) is 12.3. The maximum absolute atomic E-state index is 11.4. The lowest BCUT2D eigenvalue weighted by atomic mass is 10.1. The Morgan fingerprint density at radius 2 is 2.18 bits per heavy atom. The SMILES string of the molecule is CCc1ccccc1Oc1nc[nH]c(=O)c1I. The standard InChI is InChI=1S/C12H11IN2O2/c1-2-8-5-3-4-6-9(8)17-12-10(13)11(16)14-7-15-12/h3-7H,2H2,1H3,(H,14,15,16). The Hall–Kier alpha value is -1.37. The van der Waals surface area contributed by atoms with Crippen molar-refractivity contribution >= 4 is 22.6 Å². The number of rotatable bonds is 3. The quantitative estimate of drug-likeness (QED) is 0.873. The number of aryl methyl sites for hydroxylation is 1. The van der Waals surface area contributed by atoms with Crippen LogP contribution in [0.15, 0.2) is 35.4 Å². The highest BCUT2D eigenvalue weighted by atomic mass is 127. The van der Waals surface area contributed by atoms with Crippen LogP contribution in [0.3, 0.4) is 0 Å². The van der Waals surface area contributed by atoms with Gasteiger partial charge >= 0.3 is 0 Å². The van der Waals surface area contributed by atoms with E-state index in [9.17, 15) is 4.79 Å². The van der Waals surface area contributed by atoms with Crippen LogP contribution in [0.1, 0.15) is 12.5 Å². The van der Waals surface area contributed by atoms with E-state index in [4.69, 9.17) is 4.74 Å². The predicted molar refractivity (Wildman–Crippen MR) is 73.5 cm³/mol. The van der Waals surface area contributed by atoms with Gasteiger partial charge in [0.15, 0.2) is 0 Å². The Morgan fingerprint density at radius 1 is 1.41 bits per heavy atom. The highest BCUT2D eigenvalue weighted by Crippen LogP contribution is 2.25. The molecule has 0 unspecified atom stereocenters. The zero-order valence-corrected chi connectivity index (χ0v) is 11.4. The first-order valence-corrected chi connectivity index (χ1v) is 6.29. The van der Waals surface area contributed by atoms with Gasteiger partial charge in [-0.25, -0.2) is 4.98 Å². The molecule has 0 saturated carbocycles. The summed E-state index contributed by atoms with van der Waals surface area (Å²) < 4.78 is 6.13. The molecular weight excluding hydrogens is 331 g/mol. The minimum absolute atomic E-state index is 0.190. The molecule has 0 aliphatic carbocycles. The maximum atomic E-state index is 11.4. The average molecular weight is 342 g/mol. The Labute approximate surface area is 112 Å². The van der Waals surface area contributed by atoms with Crippen LogP contribution >= 0.6 is 22.6 Å². The summed E-state index contributed by atoms with van der Waals surface area (Å²) in [5.41, 5.74) is 0.898. The molecule has 0 amide bonds. The van der Waals surface area contributed by atoms with Crippen molar-refractivity contribution in [1.82, 2.24) is 9.97 Å². The molecule has 5 heteroatoms. The molecule has 0 saturated heterocycles. The van der Waals surface area contributed by atoms with Crippen molar-refractivity contribution in [1.29, 1.82) is 0 Å². The first-order chi connectivity index (χ1) is 8.22. The third-order valence-electron chi connectivity index (χ3n) is 2.32. The van der Waals surface area contributed by atoms with Gasteiger partial charge in [0.2, 0.25) is 5.88 Å². The van der Waals surface area contributed by atoms with Gasteiger partial charge in [-0.15, -0.1) is 0 Å². The van der Waals surface area contributed by atoms with Crippen LogP contribution in [-0.4, -0.2) is 9.97 Å². The van der Waals surface area contributed by atoms with Crippen LogP contribution in [0, 0.1) is 3.57 Å². The third-order valence-corrected chi connectivity index (χ3v) is 3.28. The average Bonchev–Trinajstić information content (AvgIpc) is 2.35. The fourth-order valence-corrected chi connectivity index (χ4v) is 1.84. The summed E-state index contributed by atoms with van der Waals surface area (Å²) in [6, 6.07) is 7.73. The van der Waals surface area contributed by atoms with E-state index >= 15 is 0 Å². The molecule has 88 valence electrons. The van der Waals surface area contributed by atoms with Crippen molar-refractivity contribution < 1.29 is 4.74 Å². The maximum Gasteiger partial charge on any atom is 0.268 e. The van der Waals surface area contributed by atoms with Crippen molar-refractivity contribution in [3.05, 3.63) is 50.1 Å². The molecule has 1 aromatic carbocycles. The smallest absolute Gasteiger partial charge is 0.268 e. The molecule has 0 fully saturated rings. The number of halogens is 1. The Morgan fingerprint density at radius 3 is 2.94 bits per heavy atom. The number of aromatic nitrogens is 2. The number of nitrogens with one attached hydrogen (secondary N) is 1. The summed E-state index contributed by atoms with van der Waals surface area (Å²) in [6.45, 7) is 2.05. The largest absolute Gasteiger partial charge is 0.437 e. The predicted octanol–water partition coefficient (Wildman–Crippen LogP) is 2.73. The minimum atomic E-state index is -0.190. The summed E-state index contributed by atoms with van der Waals surface area (Å²) in [5, 5.41) is 0. The molecule has 4 nitrogen and oxygen atoms in total. The lowest BCUT2D eigenvalue weighted by molar-refractivity contribution is 0.451. The van der Waals surface area contributed by atoms with Crippen molar-refractivity contribution in [2.24, 2.45) is 0 Å². The van der Waals surface area contributed by atoms with Gasteiger partial charge in [0, 0.05) is 0 Å². The molecule has 1 N–H and O–H groups in total. The topological polar surface area (TPSA) is 55.0 Å². The molecule has 1 aromatic heterocycles. The van der Waals surface area contributed by atoms with E-state index in [0.717, 1.165) is 17.7 Å². The molecule has 0 atom stereocenters. The molecule has 0 aliphatic rings. The molecular formula is C12H11IN2O2. The monoisotopic (exact) mass is 342 g/mol. The van der Waals surface area contributed by atoms with E-state index < -0.39 is 0 Å². The number of para-hydroxylation sites is 1. The van der Waals surface area contributed by atoms with Crippen LogP contribution in [0.4, 0.5) is 0 Å². The third kappa shape index (κ3) is 2.66. The molecule has 0 aliphatic heterocycles. The Balaban J connectivity index is 2.38. The molecule has 2 rings (SSSR count). The Bertz CT molecular complexity index is 581. The van der Waals surface area contributed by atoms with Gasteiger partial charge in [0.25, 0.3) is 5.56 Å². The van der Waals surface area contributed by atoms with Crippen LogP contribution in [0.25, 0.3) is 0 Å². The second-order valence-electron chi connectivity index (χ2n) is 3.41. The number of ether oxygens (including phenoxy) is 1. The zero-order valence-electron chi connectivity index (χ0n) is 9.24. The van der Waals surface area contributed by atoms with Crippen molar-refractivity contribution in [3.63, 3.8) is 0 Å². The van der Waals surface area contributed by atoms with Gasteiger partial charge in [0.1, 0.15) is 9.32 Å². The fraction of sp³-hybridized carbons (Fsp3) is 0.167. The highest BCUT2D eigenvalue weighted by molar-refractivity contribution is 14.1. The second-order valence-corrected chi connectivity index (χ2v) is 4.49. The summed E-state index contributed by atoms with van der Waals surface area (Å²) in [6.07, 6.45) is 2.21. The molecule has 17 heavy (non-hydrogen) atoms. The van der Waals surface area contributed by atoms with Crippen LogP contribution in [0.2, 0.25) is 0 Å². The first kappa shape index (κ1) is 12.1.